The molecule has 2 rings (SSSR count). The molecule has 0 unspecified atom stereocenters. The average molecular weight is 273 g/mol. The first-order valence-corrected chi connectivity index (χ1v) is 6.27. The van der Waals surface area contributed by atoms with E-state index in [0.717, 1.165) is 4.88 Å². The lowest BCUT2D eigenvalue weighted by Crippen LogP contribution is -2.29. The quantitative estimate of drug-likeness (QED) is 0.505. The number of hydrogen-bond donors (Lipinski definition) is 2. The summed E-state index contributed by atoms with van der Waals surface area (Å²) in [6.07, 6.45) is 0. The number of nitrogens with one attached hydrogen (secondary N) is 1. The standard InChI is InChI=1S/C13H11N3O2S/c14-7-9-2-1-3-10(6-9)18-8-11-4-5-12(19-11)13(17)16-15/h1-6H,8,15H2,(H,16,17). The molecule has 19 heavy (non-hydrogen) atoms. The fourth-order valence-electron chi connectivity index (χ4n) is 1.46. The van der Waals surface area contributed by atoms with Crippen molar-refractivity contribution in [2.24, 2.45) is 5.84 Å². The van der Waals surface area contributed by atoms with Crippen molar-refractivity contribution >= 4 is 17.2 Å². The predicted octanol–water partition coefficient (Wildman–Crippen LogP) is 1.80. The molecule has 0 atom stereocenters. The van der Waals surface area contributed by atoms with Crippen molar-refractivity contribution in [2.75, 3.05) is 0 Å². The van der Waals surface area contributed by atoms with Crippen LogP contribution in [0.4, 0.5) is 0 Å². The maximum atomic E-state index is 11.3. The molecule has 1 aromatic carbocycles. The number of thiophene rings is 1. The molecule has 0 radical (unpaired) electrons. The Morgan fingerprint density at radius 1 is 1.42 bits per heavy atom. The van der Waals surface area contributed by atoms with Gasteiger partial charge in [-0.05, 0) is 30.3 Å². The second-order valence-electron chi connectivity index (χ2n) is 3.67. The van der Waals surface area contributed by atoms with E-state index in [4.69, 9.17) is 15.8 Å². The Morgan fingerprint density at radius 2 is 2.26 bits per heavy atom. The van der Waals surface area contributed by atoms with Gasteiger partial charge >= 0.3 is 0 Å². The van der Waals surface area contributed by atoms with Gasteiger partial charge in [-0.15, -0.1) is 11.3 Å². The van der Waals surface area contributed by atoms with Crippen LogP contribution < -0.4 is 16.0 Å². The Hall–Kier alpha value is -2.36. The van der Waals surface area contributed by atoms with E-state index in [1.807, 2.05) is 12.1 Å². The Kier molecular flexibility index (Phi) is 4.13. The summed E-state index contributed by atoms with van der Waals surface area (Å²) in [5.74, 6) is 5.36. The third kappa shape index (κ3) is 3.31. The summed E-state index contributed by atoms with van der Waals surface area (Å²) in [6, 6.07) is 12.5. The van der Waals surface area contributed by atoms with E-state index < -0.39 is 0 Å². The van der Waals surface area contributed by atoms with Gasteiger partial charge in [0, 0.05) is 4.88 Å². The zero-order valence-electron chi connectivity index (χ0n) is 9.92. The van der Waals surface area contributed by atoms with Gasteiger partial charge in [0.15, 0.2) is 0 Å². The highest BCUT2D eigenvalue weighted by molar-refractivity contribution is 7.14. The number of carbonyl (C=O) groups is 1. The van der Waals surface area contributed by atoms with Gasteiger partial charge < -0.3 is 4.74 Å². The van der Waals surface area contributed by atoms with Crippen molar-refractivity contribution in [1.82, 2.24) is 5.43 Å². The Balaban J connectivity index is 2.00. The van der Waals surface area contributed by atoms with Gasteiger partial charge in [0.1, 0.15) is 12.4 Å². The molecular formula is C13H11N3O2S. The Labute approximate surface area is 114 Å². The molecule has 1 amide bonds. The number of hydrogen-bond acceptors (Lipinski definition) is 5. The normalized spacial score (nSPS) is 9.68. The number of hydrazine groups is 1. The summed E-state index contributed by atoms with van der Waals surface area (Å²) in [7, 11) is 0. The number of ether oxygens (including phenoxy) is 1. The first-order chi connectivity index (χ1) is 9.22. The fourth-order valence-corrected chi connectivity index (χ4v) is 2.28. The van der Waals surface area contributed by atoms with Crippen molar-refractivity contribution in [3.8, 4) is 11.8 Å². The van der Waals surface area contributed by atoms with E-state index in [1.54, 1.807) is 30.3 Å². The molecule has 3 N–H and O–H groups in total. The number of amides is 1. The molecule has 0 fully saturated rings. The molecule has 6 heteroatoms. The summed E-state index contributed by atoms with van der Waals surface area (Å²) < 4.78 is 5.56. The molecule has 0 aliphatic heterocycles. The van der Waals surface area contributed by atoms with Crippen molar-refractivity contribution in [3.05, 3.63) is 51.7 Å². The average Bonchev–Trinajstić information content (AvgIpc) is 2.93. The van der Waals surface area contributed by atoms with Crippen molar-refractivity contribution < 1.29 is 9.53 Å². The fraction of sp³-hybridized carbons (Fsp3) is 0.0769. The number of nitrogens with two attached hydrogens (primary N) is 1. The molecular weight excluding hydrogens is 262 g/mol. The van der Waals surface area contributed by atoms with Crippen molar-refractivity contribution in [3.63, 3.8) is 0 Å². The van der Waals surface area contributed by atoms with E-state index >= 15 is 0 Å². The first-order valence-electron chi connectivity index (χ1n) is 5.45. The minimum absolute atomic E-state index is 0.317. The van der Waals surface area contributed by atoms with Gasteiger partial charge in [0.2, 0.25) is 0 Å². The van der Waals surface area contributed by atoms with Crippen LogP contribution in [0.5, 0.6) is 5.75 Å². The third-order valence-corrected chi connectivity index (χ3v) is 3.42. The lowest BCUT2D eigenvalue weighted by Gasteiger charge is -2.04. The van der Waals surface area contributed by atoms with E-state index in [1.165, 1.54) is 11.3 Å². The zero-order chi connectivity index (χ0) is 13.7. The monoisotopic (exact) mass is 273 g/mol. The minimum Gasteiger partial charge on any atom is -0.488 e. The van der Waals surface area contributed by atoms with Gasteiger partial charge in [0.25, 0.3) is 5.91 Å². The highest BCUT2D eigenvalue weighted by atomic mass is 32.1. The van der Waals surface area contributed by atoms with Gasteiger partial charge in [-0.3, -0.25) is 10.2 Å². The number of nitriles is 1. The highest BCUT2D eigenvalue weighted by Gasteiger charge is 2.07. The van der Waals surface area contributed by atoms with Crippen LogP contribution in [0.25, 0.3) is 0 Å². The number of rotatable bonds is 4. The third-order valence-electron chi connectivity index (χ3n) is 2.36. The van der Waals surface area contributed by atoms with Crippen molar-refractivity contribution in [2.45, 2.75) is 6.61 Å². The molecule has 96 valence electrons. The van der Waals surface area contributed by atoms with E-state index in [2.05, 4.69) is 5.43 Å². The van der Waals surface area contributed by atoms with Crippen molar-refractivity contribution in [1.29, 1.82) is 5.26 Å². The van der Waals surface area contributed by atoms with Crippen LogP contribution >= 0.6 is 11.3 Å². The van der Waals surface area contributed by atoms with Gasteiger partial charge in [-0.25, -0.2) is 5.84 Å². The van der Waals surface area contributed by atoms with Gasteiger partial charge in [-0.2, -0.15) is 5.26 Å². The summed E-state index contributed by atoms with van der Waals surface area (Å²) in [5.41, 5.74) is 2.63. The second kappa shape index (κ2) is 6.00. The highest BCUT2D eigenvalue weighted by Crippen LogP contribution is 2.19. The largest absolute Gasteiger partial charge is 0.488 e. The van der Waals surface area contributed by atoms with E-state index in [9.17, 15) is 4.79 Å². The lowest BCUT2D eigenvalue weighted by atomic mass is 10.2. The van der Waals surface area contributed by atoms with Crippen LogP contribution in [0.15, 0.2) is 36.4 Å². The topological polar surface area (TPSA) is 88.1 Å². The van der Waals surface area contributed by atoms with Crippen LogP contribution in [0.1, 0.15) is 20.1 Å². The molecule has 5 nitrogen and oxygen atoms in total. The zero-order valence-corrected chi connectivity index (χ0v) is 10.7. The summed E-state index contributed by atoms with van der Waals surface area (Å²) in [6.45, 7) is 0.345. The SMILES string of the molecule is N#Cc1cccc(OCc2ccc(C(=O)NN)s2)c1. The van der Waals surface area contributed by atoms with Gasteiger partial charge in [-0.1, -0.05) is 6.07 Å². The smallest absolute Gasteiger partial charge is 0.275 e. The molecule has 0 aliphatic carbocycles. The number of benzene rings is 1. The molecule has 0 spiro atoms. The maximum Gasteiger partial charge on any atom is 0.275 e. The van der Waals surface area contributed by atoms with Gasteiger partial charge in [0.05, 0.1) is 16.5 Å². The number of nitrogens with zero attached hydrogens (tertiary/aromatic N) is 1. The summed E-state index contributed by atoms with van der Waals surface area (Å²) in [5, 5.41) is 8.78. The second-order valence-corrected chi connectivity index (χ2v) is 4.84. The molecule has 1 heterocycles. The number of carbonyl (C=O) groups excluding carboxylic acids is 1. The van der Waals surface area contributed by atoms with Crippen LogP contribution in [0.2, 0.25) is 0 Å². The molecule has 0 saturated carbocycles. The molecule has 1 aromatic heterocycles. The predicted molar refractivity (Wildman–Crippen MR) is 71.5 cm³/mol. The maximum absolute atomic E-state index is 11.3. The molecule has 2 aromatic rings. The number of nitrogen functional groups attached to an aromatic ring is 1. The minimum atomic E-state index is -0.317. The van der Waals surface area contributed by atoms with E-state index in [0.29, 0.717) is 22.8 Å². The molecule has 0 saturated heterocycles. The first kappa shape index (κ1) is 13.1. The Bertz CT molecular complexity index is 631. The van der Waals surface area contributed by atoms with Crippen LogP contribution in [-0.4, -0.2) is 5.91 Å². The van der Waals surface area contributed by atoms with Crippen LogP contribution in [-0.2, 0) is 6.61 Å². The summed E-state index contributed by atoms with van der Waals surface area (Å²) >= 11 is 1.31. The molecule has 0 aliphatic rings. The van der Waals surface area contributed by atoms with E-state index in [-0.39, 0.29) is 5.91 Å². The van der Waals surface area contributed by atoms with Crippen LogP contribution in [0.3, 0.4) is 0 Å². The van der Waals surface area contributed by atoms with Crippen LogP contribution in [0, 0.1) is 11.3 Å². The lowest BCUT2D eigenvalue weighted by molar-refractivity contribution is 0.0957. The Morgan fingerprint density at radius 3 is 3.00 bits per heavy atom. The molecule has 0 bridgehead atoms. The summed E-state index contributed by atoms with van der Waals surface area (Å²) in [4.78, 5) is 12.7.